The fourth-order valence-electron chi connectivity index (χ4n) is 2.82. The van der Waals surface area contributed by atoms with Crippen molar-refractivity contribution in [2.24, 2.45) is 11.7 Å². The summed E-state index contributed by atoms with van der Waals surface area (Å²) in [7, 11) is 0. The molecule has 1 aliphatic heterocycles. The molecule has 2 rings (SSSR count). The maximum atomic E-state index is 12.7. The van der Waals surface area contributed by atoms with Crippen molar-refractivity contribution >= 4 is 11.8 Å². The van der Waals surface area contributed by atoms with Crippen molar-refractivity contribution < 1.29 is 22.8 Å². The summed E-state index contributed by atoms with van der Waals surface area (Å²) in [5.74, 6) is -1.13. The van der Waals surface area contributed by atoms with E-state index in [1.165, 1.54) is 12.1 Å². The lowest BCUT2D eigenvalue weighted by Gasteiger charge is -2.37. The Bertz CT molecular complexity index is 601. The van der Waals surface area contributed by atoms with E-state index >= 15 is 0 Å². The molecule has 4 nitrogen and oxygen atoms in total. The number of alkyl halides is 3. The van der Waals surface area contributed by atoms with Gasteiger partial charge in [0.2, 0.25) is 11.8 Å². The lowest BCUT2D eigenvalue weighted by atomic mass is 9.92. The predicted octanol–water partition coefficient (Wildman–Crippen LogP) is 2.36. The predicted molar refractivity (Wildman–Crippen MR) is 78.2 cm³/mol. The van der Waals surface area contributed by atoms with Crippen LogP contribution in [0, 0.1) is 5.92 Å². The number of likely N-dealkylation sites (tertiary alicyclic amines) is 1. The average molecular weight is 328 g/mol. The SMILES string of the molecule is CC1CCC(C(N)=O)CN1C(=O)Cc1cccc(C(F)(F)F)c1. The molecule has 1 saturated heterocycles. The Morgan fingerprint density at radius 1 is 1.30 bits per heavy atom. The summed E-state index contributed by atoms with van der Waals surface area (Å²) in [6, 6.07) is 4.69. The molecule has 1 aliphatic rings. The van der Waals surface area contributed by atoms with Gasteiger partial charge in [-0.2, -0.15) is 13.2 Å². The summed E-state index contributed by atoms with van der Waals surface area (Å²) in [4.78, 5) is 25.2. The minimum Gasteiger partial charge on any atom is -0.369 e. The molecule has 0 radical (unpaired) electrons. The highest BCUT2D eigenvalue weighted by atomic mass is 19.4. The molecule has 1 heterocycles. The smallest absolute Gasteiger partial charge is 0.369 e. The van der Waals surface area contributed by atoms with Crippen LogP contribution in [0.4, 0.5) is 13.2 Å². The molecule has 0 aromatic heterocycles. The molecular weight excluding hydrogens is 309 g/mol. The summed E-state index contributed by atoms with van der Waals surface area (Å²) in [5.41, 5.74) is 4.82. The van der Waals surface area contributed by atoms with Crippen LogP contribution < -0.4 is 5.73 Å². The van der Waals surface area contributed by atoms with Crippen LogP contribution in [0.15, 0.2) is 24.3 Å². The fourth-order valence-corrected chi connectivity index (χ4v) is 2.82. The third kappa shape index (κ3) is 4.24. The second-order valence-corrected chi connectivity index (χ2v) is 5.95. The Hall–Kier alpha value is -2.05. The minimum absolute atomic E-state index is 0.0519. The van der Waals surface area contributed by atoms with E-state index in [4.69, 9.17) is 5.73 Å². The van der Waals surface area contributed by atoms with E-state index in [-0.39, 0.29) is 24.9 Å². The number of carbonyl (C=O) groups excluding carboxylic acids is 2. The maximum Gasteiger partial charge on any atom is 0.416 e. The molecule has 23 heavy (non-hydrogen) atoms. The van der Waals surface area contributed by atoms with Gasteiger partial charge < -0.3 is 10.6 Å². The van der Waals surface area contributed by atoms with E-state index in [0.717, 1.165) is 12.1 Å². The highest BCUT2D eigenvalue weighted by Crippen LogP contribution is 2.30. The van der Waals surface area contributed by atoms with Gasteiger partial charge in [-0.1, -0.05) is 18.2 Å². The lowest BCUT2D eigenvalue weighted by Crippen LogP contribution is -2.49. The van der Waals surface area contributed by atoms with Gasteiger partial charge in [0.1, 0.15) is 0 Å². The molecule has 126 valence electrons. The first-order valence-corrected chi connectivity index (χ1v) is 7.43. The monoisotopic (exact) mass is 328 g/mol. The van der Waals surface area contributed by atoms with Crippen LogP contribution in [-0.4, -0.2) is 29.3 Å². The molecule has 7 heteroatoms. The van der Waals surface area contributed by atoms with Gasteiger partial charge in [0.25, 0.3) is 0 Å². The first kappa shape index (κ1) is 17.3. The Morgan fingerprint density at radius 2 is 2.00 bits per heavy atom. The van der Waals surface area contributed by atoms with Crippen LogP contribution in [0.3, 0.4) is 0 Å². The topological polar surface area (TPSA) is 63.4 Å². The number of amides is 2. The maximum absolute atomic E-state index is 12.7. The van der Waals surface area contributed by atoms with Gasteiger partial charge in [-0.3, -0.25) is 9.59 Å². The van der Waals surface area contributed by atoms with Gasteiger partial charge in [0, 0.05) is 12.6 Å². The van der Waals surface area contributed by atoms with Gasteiger partial charge in [-0.15, -0.1) is 0 Å². The Labute approximate surface area is 132 Å². The standard InChI is InChI=1S/C16H19F3N2O2/c1-10-5-6-12(15(20)23)9-21(10)14(22)8-11-3-2-4-13(7-11)16(17,18)19/h2-4,7,10,12H,5-6,8-9H2,1H3,(H2,20,23). The Balaban J connectivity index is 2.10. The van der Waals surface area contributed by atoms with Crippen LogP contribution in [0.25, 0.3) is 0 Å². The number of primary amides is 1. The van der Waals surface area contributed by atoms with Gasteiger partial charge in [-0.25, -0.2) is 0 Å². The highest BCUT2D eigenvalue weighted by molar-refractivity contribution is 5.81. The second kappa shape index (κ2) is 6.60. The summed E-state index contributed by atoms with van der Waals surface area (Å²) in [6.07, 6.45) is -3.28. The molecule has 0 bridgehead atoms. The molecule has 1 fully saturated rings. The number of halogens is 3. The molecule has 0 aliphatic carbocycles. The van der Waals surface area contributed by atoms with Crippen molar-refractivity contribution in [3.8, 4) is 0 Å². The zero-order valence-electron chi connectivity index (χ0n) is 12.8. The van der Waals surface area contributed by atoms with Crippen LogP contribution in [-0.2, 0) is 22.2 Å². The number of piperidine rings is 1. The molecule has 2 N–H and O–H groups in total. The van der Waals surface area contributed by atoms with Crippen molar-refractivity contribution in [2.45, 2.75) is 38.4 Å². The van der Waals surface area contributed by atoms with Crippen molar-refractivity contribution in [2.75, 3.05) is 6.54 Å². The van der Waals surface area contributed by atoms with E-state index in [1.807, 2.05) is 6.92 Å². The van der Waals surface area contributed by atoms with Crippen LogP contribution in [0.2, 0.25) is 0 Å². The van der Waals surface area contributed by atoms with Crippen LogP contribution in [0.5, 0.6) is 0 Å². The van der Waals surface area contributed by atoms with E-state index in [9.17, 15) is 22.8 Å². The average Bonchev–Trinajstić information content (AvgIpc) is 2.46. The summed E-state index contributed by atoms with van der Waals surface area (Å²) >= 11 is 0. The molecule has 2 unspecified atom stereocenters. The number of nitrogens with zero attached hydrogens (tertiary/aromatic N) is 1. The number of hydrogen-bond donors (Lipinski definition) is 1. The van der Waals surface area contributed by atoms with E-state index in [1.54, 1.807) is 4.90 Å². The molecule has 2 atom stereocenters. The largest absolute Gasteiger partial charge is 0.416 e. The number of rotatable bonds is 3. The van der Waals surface area contributed by atoms with Crippen molar-refractivity contribution in [1.29, 1.82) is 0 Å². The first-order chi connectivity index (χ1) is 10.7. The van der Waals surface area contributed by atoms with Crippen molar-refractivity contribution in [3.05, 3.63) is 35.4 Å². The molecule has 0 spiro atoms. The first-order valence-electron chi connectivity index (χ1n) is 7.43. The summed E-state index contributed by atoms with van der Waals surface area (Å²) < 4.78 is 38.1. The number of carbonyl (C=O) groups is 2. The number of benzene rings is 1. The van der Waals surface area contributed by atoms with E-state index in [2.05, 4.69) is 0 Å². The van der Waals surface area contributed by atoms with E-state index in [0.29, 0.717) is 18.4 Å². The highest BCUT2D eigenvalue weighted by Gasteiger charge is 2.33. The third-order valence-electron chi connectivity index (χ3n) is 4.21. The van der Waals surface area contributed by atoms with Crippen molar-refractivity contribution in [1.82, 2.24) is 4.90 Å². The summed E-state index contributed by atoms with van der Waals surface area (Å²) in [5, 5.41) is 0. The minimum atomic E-state index is -4.44. The van der Waals surface area contributed by atoms with Gasteiger partial charge >= 0.3 is 6.18 Å². The van der Waals surface area contributed by atoms with Gasteiger partial charge in [-0.05, 0) is 31.4 Å². The Kier molecular flexibility index (Phi) is 4.97. The fraction of sp³-hybridized carbons (Fsp3) is 0.500. The van der Waals surface area contributed by atoms with E-state index < -0.39 is 23.6 Å². The molecule has 2 amide bonds. The number of hydrogen-bond acceptors (Lipinski definition) is 2. The second-order valence-electron chi connectivity index (χ2n) is 5.95. The van der Waals surface area contributed by atoms with Crippen molar-refractivity contribution in [3.63, 3.8) is 0 Å². The van der Waals surface area contributed by atoms with Gasteiger partial charge in [0.15, 0.2) is 0 Å². The molecule has 1 aromatic carbocycles. The number of nitrogens with two attached hydrogens (primary N) is 1. The molecular formula is C16H19F3N2O2. The van der Waals surface area contributed by atoms with Gasteiger partial charge in [0.05, 0.1) is 17.9 Å². The lowest BCUT2D eigenvalue weighted by molar-refractivity contribution is -0.139. The van der Waals surface area contributed by atoms with Crippen LogP contribution in [0.1, 0.15) is 30.9 Å². The zero-order chi connectivity index (χ0) is 17.2. The quantitative estimate of drug-likeness (QED) is 0.926. The zero-order valence-corrected chi connectivity index (χ0v) is 12.8. The van der Waals surface area contributed by atoms with Crippen LogP contribution >= 0.6 is 0 Å². The Morgan fingerprint density at radius 3 is 2.61 bits per heavy atom. The third-order valence-corrected chi connectivity index (χ3v) is 4.21. The molecule has 0 saturated carbocycles. The summed E-state index contributed by atoms with van der Waals surface area (Å²) in [6.45, 7) is 2.09. The molecule has 1 aromatic rings. The normalized spacial score (nSPS) is 22.0.